The second kappa shape index (κ2) is 9.06. The second-order valence-corrected chi connectivity index (χ2v) is 10.4. The van der Waals surface area contributed by atoms with Crippen molar-refractivity contribution >= 4 is 50.4 Å². The zero-order chi connectivity index (χ0) is 22.9. The van der Waals surface area contributed by atoms with Gasteiger partial charge in [-0.1, -0.05) is 59.6 Å². The third kappa shape index (κ3) is 4.72. The summed E-state index contributed by atoms with van der Waals surface area (Å²) in [5.74, 6) is -2.91. The highest BCUT2D eigenvalue weighted by molar-refractivity contribution is 7.91. The van der Waals surface area contributed by atoms with Crippen LogP contribution in [-0.4, -0.2) is 25.9 Å². The van der Waals surface area contributed by atoms with E-state index in [-0.39, 0.29) is 10.5 Å². The van der Waals surface area contributed by atoms with E-state index in [9.17, 15) is 18.0 Å². The second-order valence-electron chi connectivity index (χ2n) is 7.63. The van der Waals surface area contributed by atoms with Crippen LogP contribution < -0.4 is 5.32 Å². The van der Waals surface area contributed by atoms with Gasteiger partial charge in [-0.05, 0) is 54.3 Å². The summed E-state index contributed by atoms with van der Waals surface area (Å²) in [5, 5.41) is 3.70. The van der Waals surface area contributed by atoms with E-state index in [1.165, 1.54) is 12.1 Å². The maximum absolute atomic E-state index is 12.7. The van der Waals surface area contributed by atoms with Crippen molar-refractivity contribution in [2.24, 2.45) is 5.92 Å². The van der Waals surface area contributed by atoms with Gasteiger partial charge in [-0.2, -0.15) is 0 Å². The Hall–Kier alpha value is -2.67. The number of aryl methyl sites for hydroxylation is 2. The molecule has 0 spiro atoms. The lowest BCUT2D eigenvalue weighted by Gasteiger charge is -2.22. The minimum absolute atomic E-state index is 0.0135. The molecule has 1 heterocycles. The molecule has 0 bridgehead atoms. The maximum Gasteiger partial charge on any atom is 0.236 e. The van der Waals surface area contributed by atoms with E-state index < -0.39 is 33.2 Å². The number of carbonyl (C=O) groups excluding carboxylic acids is 2. The van der Waals surface area contributed by atoms with Gasteiger partial charge in [0.05, 0.1) is 20.7 Å². The Labute approximate surface area is 196 Å². The lowest BCUT2D eigenvalue weighted by molar-refractivity contribution is -0.118. The minimum Gasteiger partial charge on any atom is -0.325 e. The highest BCUT2D eigenvalue weighted by Gasteiger charge is 2.40. The Morgan fingerprint density at radius 2 is 1.56 bits per heavy atom. The third-order valence-electron chi connectivity index (χ3n) is 5.41. The standard InChI is InChI=1S/C24H19Cl2NO4S/c25-20-12-9-16(13-21(20)26)6-5-15-7-10-17(11-8-15)27-24(29)19-14-32(30,31)22-4-2-1-3-18(22)23(19)28/h1-4,7-13,19H,5-6,14H2,(H,27,29). The number of carbonyl (C=O) groups is 2. The molecule has 5 nitrogen and oxygen atoms in total. The van der Waals surface area contributed by atoms with Crippen LogP contribution in [0.4, 0.5) is 5.69 Å². The molecule has 0 aliphatic carbocycles. The molecule has 4 rings (SSSR count). The summed E-state index contributed by atoms with van der Waals surface area (Å²) in [6.45, 7) is 0. The Bertz CT molecular complexity index is 1300. The summed E-state index contributed by atoms with van der Waals surface area (Å²) >= 11 is 12.0. The minimum atomic E-state index is -3.71. The Morgan fingerprint density at radius 3 is 2.28 bits per heavy atom. The zero-order valence-electron chi connectivity index (χ0n) is 16.8. The summed E-state index contributed by atoms with van der Waals surface area (Å²) in [4.78, 5) is 25.4. The summed E-state index contributed by atoms with van der Waals surface area (Å²) < 4.78 is 25.0. The van der Waals surface area contributed by atoms with Crippen LogP contribution in [0.15, 0.2) is 71.6 Å². The fraction of sp³-hybridized carbons (Fsp3) is 0.167. The van der Waals surface area contributed by atoms with Crippen molar-refractivity contribution in [3.8, 4) is 0 Å². The van der Waals surface area contributed by atoms with Gasteiger partial charge in [-0.3, -0.25) is 9.59 Å². The highest BCUT2D eigenvalue weighted by atomic mass is 35.5. The quantitative estimate of drug-likeness (QED) is 0.513. The van der Waals surface area contributed by atoms with Crippen molar-refractivity contribution in [3.63, 3.8) is 0 Å². The smallest absolute Gasteiger partial charge is 0.236 e. The molecule has 1 unspecified atom stereocenters. The molecule has 0 saturated heterocycles. The van der Waals surface area contributed by atoms with Crippen LogP contribution >= 0.6 is 23.2 Å². The first kappa shape index (κ1) is 22.5. The van der Waals surface area contributed by atoms with Crippen molar-refractivity contribution in [1.82, 2.24) is 0 Å². The molecule has 32 heavy (non-hydrogen) atoms. The first-order chi connectivity index (χ1) is 15.2. The molecule has 3 aromatic carbocycles. The number of ketones is 1. The molecule has 1 amide bonds. The average Bonchev–Trinajstić information content (AvgIpc) is 2.78. The number of sulfone groups is 1. The van der Waals surface area contributed by atoms with Crippen molar-refractivity contribution in [2.45, 2.75) is 17.7 Å². The first-order valence-electron chi connectivity index (χ1n) is 9.94. The Balaban J connectivity index is 1.42. The number of fused-ring (bicyclic) bond motifs is 1. The van der Waals surface area contributed by atoms with Gasteiger partial charge in [0, 0.05) is 11.3 Å². The number of hydrogen-bond donors (Lipinski definition) is 1. The van der Waals surface area contributed by atoms with Crippen LogP contribution in [0.1, 0.15) is 21.5 Å². The van der Waals surface area contributed by atoms with E-state index in [0.717, 1.165) is 24.0 Å². The Morgan fingerprint density at radius 1 is 0.906 bits per heavy atom. The van der Waals surface area contributed by atoms with Crippen LogP contribution in [0.25, 0.3) is 0 Å². The number of amides is 1. The molecular formula is C24H19Cl2NO4S. The number of anilines is 1. The summed E-state index contributed by atoms with van der Waals surface area (Å²) in [5.41, 5.74) is 2.68. The molecule has 0 radical (unpaired) electrons. The normalized spacial score (nSPS) is 16.9. The van der Waals surface area contributed by atoms with Crippen molar-refractivity contribution in [1.29, 1.82) is 0 Å². The van der Waals surface area contributed by atoms with Gasteiger partial charge in [-0.25, -0.2) is 8.42 Å². The van der Waals surface area contributed by atoms with Gasteiger partial charge < -0.3 is 5.32 Å². The lowest BCUT2D eigenvalue weighted by Crippen LogP contribution is -2.39. The van der Waals surface area contributed by atoms with Crippen molar-refractivity contribution in [2.75, 3.05) is 11.1 Å². The van der Waals surface area contributed by atoms with Crippen LogP contribution in [-0.2, 0) is 27.5 Å². The van der Waals surface area contributed by atoms with Crippen LogP contribution in [0.3, 0.4) is 0 Å². The third-order valence-corrected chi connectivity index (χ3v) is 7.95. The highest BCUT2D eigenvalue weighted by Crippen LogP contribution is 2.29. The fourth-order valence-electron chi connectivity index (χ4n) is 3.68. The molecule has 0 fully saturated rings. The maximum atomic E-state index is 12.7. The van der Waals surface area contributed by atoms with Gasteiger partial charge in [0.1, 0.15) is 5.92 Å². The van der Waals surface area contributed by atoms with Gasteiger partial charge in [-0.15, -0.1) is 0 Å². The molecule has 1 aliphatic rings. The van der Waals surface area contributed by atoms with E-state index in [1.54, 1.807) is 30.3 Å². The predicted molar refractivity (Wildman–Crippen MR) is 125 cm³/mol. The monoisotopic (exact) mass is 487 g/mol. The molecule has 0 aromatic heterocycles. The number of rotatable bonds is 5. The number of benzene rings is 3. The number of nitrogens with one attached hydrogen (secondary N) is 1. The first-order valence-corrected chi connectivity index (χ1v) is 12.3. The number of Topliss-reactive ketones (excluding diaryl/α,β-unsaturated/α-hetero) is 1. The number of halogens is 2. The van der Waals surface area contributed by atoms with Crippen LogP contribution in [0.5, 0.6) is 0 Å². The summed E-state index contributed by atoms with van der Waals surface area (Å²) in [6.07, 6.45) is 1.54. The molecular weight excluding hydrogens is 469 g/mol. The summed E-state index contributed by atoms with van der Waals surface area (Å²) in [6, 6.07) is 18.7. The molecule has 1 atom stereocenters. The Kier molecular flexibility index (Phi) is 6.38. The molecule has 3 aromatic rings. The van der Waals surface area contributed by atoms with Gasteiger partial charge >= 0.3 is 0 Å². The van der Waals surface area contributed by atoms with Crippen LogP contribution in [0.2, 0.25) is 10.0 Å². The van der Waals surface area contributed by atoms with Crippen molar-refractivity contribution < 1.29 is 18.0 Å². The molecule has 8 heteroatoms. The number of hydrogen-bond acceptors (Lipinski definition) is 4. The van der Waals surface area contributed by atoms with E-state index in [2.05, 4.69) is 5.32 Å². The molecule has 0 saturated carbocycles. The predicted octanol–water partition coefficient (Wildman–Crippen LogP) is 5.00. The van der Waals surface area contributed by atoms with E-state index >= 15 is 0 Å². The average molecular weight is 488 g/mol. The fourth-order valence-corrected chi connectivity index (χ4v) is 5.71. The van der Waals surface area contributed by atoms with Gasteiger partial charge in [0.15, 0.2) is 15.6 Å². The van der Waals surface area contributed by atoms with E-state index in [0.29, 0.717) is 15.7 Å². The molecule has 164 valence electrons. The van der Waals surface area contributed by atoms with Gasteiger partial charge in [0.2, 0.25) is 5.91 Å². The molecule has 1 N–H and O–H groups in total. The zero-order valence-corrected chi connectivity index (χ0v) is 19.2. The summed E-state index contributed by atoms with van der Waals surface area (Å²) in [7, 11) is -3.71. The van der Waals surface area contributed by atoms with E-state index in [4.69, 9.17) is 23.2 Å². The lowest BCUT2D eigenvalue weighted by atomic mass is 9.97. The molecule has 1 aliphatic heterocycles. The van der Waals surface area contributed by atoms with Gasteiger partial charge in [0.25, 0.3) is 0 Å². The van der Waals surface area contributed by atoms with E-state index in [1.807, 2.05) is 24.3 Å². The van der Waals surface area contributed by atoms with Crippen molar-refractivity contribution in [3.05, 3.63) is 93.5 Å². The van der Waals surface area contributed by atoms with Crippen LogP contribution in [0, 0.1) is 5.92 Å². The largest absolute Gasteiger partial charge is 0.325 e. The topological polar surface area (TPSA) is 80.3 Å². The SMILES string of the molecule is O=C(Nc1ccc(CCc2ccc(Cl)c(Cl)c2)cc1)C1CS(=O)(=O)c2ccccc2C1=O.